The quantitative estimate of drug-likeness (QED) is 0.751. The van der Waals surface area contributed by atoms with Crippen molar-refractivity contribution in [1.82, 2.24) is 10.6 Å². The fraction of sp³-hybridized carbons (Fsp3) is 1.00. The fourth-order valence-electron chi connectivity index (χ4n) is 2.98. The zero-order valence-electron chi connectivity index (χ0n) is 11.2. The molecule has 0 aromatic rings. The van der Waals surface area contributed by atoms with Crippen LogP contribution in [-0.2, 0) is 0 Å². The van der Waals surface area contributed by atoms with Gasteiger partial charge in [-0.15, -0.1) is 0 Å². The maximum Gasteiger partial charge on any atom is 0.0458 e. The molecule has 1 fully saturated rings. The van der Waals surface area contributed by atoms with Gasteiger partial charge in [-0.3, -0.25) is 0 Å². The van der Waals surface area contributed by atoms with Gasteiger partial charge in [-0.25, -0.2) is 0 Å². The summed E-state index contributed by atoms with van der Waals surface area (Å²) in [6, 6.07) is 1.33. The molecule has 2 unspecified atom stereocenters. The van der Waals surface area contributed by atoms with E-state index in [1.54, 1.807) is 0 Å². The van der Waals surface area contributed by atoms with E-state index in [2.05, 4.69) is 52.2 Å². The summed E-state index contributed by atoms with van der Waals surface area (Å²) in [5, 5.41) is 7.25. The molecule has 15 heavy (non-hydrogen) atoms. The van der Waals surface area contributed by atoms with Crippen LogP contribution in [0.2, 0.25) is 0 Å². The van der Waals surface area contributed by atoms with Crippen molar-refractivity contribution in [3.63, 3.8) is 0 Å². The summed E-state index contributed by atoms with van der Waals surface area (Å²) in [7, 11) is 0. The molecule has 0 amide bonds. The van der Waals surface area contributed by atoms with Gasteiger partial charge in [0.15, 0.2) is 0 Å². The Morgan fingerprint density at radius 2 is 1.13 bits per heavy atom. The van der Waals surface area contributed by atoms with Crippen LogP contribution in [0.1, 0.15) is 41.5 Å². The van der Waals surface area contributed by atoms with Gasteiger partial charge in [0.25, 0.3) is 0 Å². The highest BCUT2D eigenvalue weighted by Crippen LogP contribution is 2.29. The Morgan fingerprint density at radius 3 is 1.40 bits per heavy atom. The first-order valence-electron chi connectivity index (χ1n) is 6.42. The molecule has 0 aliphatic carbocycles. The number of nitrogens with one attached hydrogen (secondary N) is 2. The molecular weight excluding hydrogens is 184 g/mol. The van der Waals surface area contributed by atoms with Crippen LogP contribution >= 0.6 is 0 Å². The van der Waals surface area contributed by atoms with Crippen LogP contribution < -0.4 is 10.6 Å². The van der Waals surface area contributed by atoms with Crippen molar-refractivity contribution in [1.29, 1.82) is 0 Å². The standard InChI is InChI=1S/C13H28N2/c1-8(2)11-12(9(3)4)14-7-15-13(11)10(5)6/h8-15H,7H2,1-6H3. The lowest BCUT2D eigenvalue weighted by molar-refractivity contribution is 0.103. The highest BCUT2D eigenvalue weighted by Gasteiger charge is 2.37. The smallest absolute Gasteiger partial charge is 0.0458 e. The first-order chi connectivity index (χ1) is 6.95. The van der Waals surface area contributed by atoms with Crippen LogP contribution in [0.4, 0.5) is 0 Å². The van der Waals surface area contributed by atoms with Crippen LogP contribution in [0.15, 0.2) is 0 Å². The lowest BCUT2D eigenvalue weighted by atomic mass is 9.73. The minimum absolute atomic E-state index is 0.665. The minimum Gasteiger partial charge on any atom is -0.301 e. The van der Waals surface area contributed by atoms with Crippen molar-refractivity contribution in [2.45, 2.75) is 53.6 Å². The van der Waals surface area contributed by atoms with Gasteiger partial charge in [0, 0.05) is 18.8 Å². The minimum atomic E-state index is 0.665. The number of hydrogen-bond donors (Lipinski definition) is 2. The van der Waals surface area contributed by atoms with Crippen molar-refractivity contribution < 1.29 is 0 Å². The summed E-state index contributed by atoms with van der Waals surface area (Å²) in [5.41, 5.74) is 0. The third-order valence-corrected chi connectivity index (χ3v) is 3.71. The van der Waals surface area contributed by atoms with E-state index in [0.29, 0.717) is 12.1 Å². The maximum absolute atomic E-state index is 3.62. The Hall–Kier alpha value is -0.0800. The second-order valence-corrected chi connectivity index (χ2v) is 5.95. The van der Waals surface area contributed by atoms with Crippen molar-refractivity contribution in [2.75, 3.05) is 6.67 Å². The third-order valence-electron chi connectivity index (χ3n) is 3.71. The highest BCUT2D eigenvalue weighted by atomic mass is 15.1. The molecule has 0 spiro atoms. The SMILES string of the molecule is CC(C)C1NCNC(C(C)C)C1C(C)C. The van der Waals surface area contributed by atoms with E-state index >= 15 is 0 Å². The predicted molar refractivity (Wildman–Crippen MR) is 66.7 cm³/mol. The molecule has 0 radical (unpaired) electrons. The molecule has 2 atom stereocenters. The van der Waals surface area contributed by atoms with E-state index in [1.165, 1.54) is 0 Å². The Labute approximate surface area is 95.2 Å². The molecule has 1 rings (SSSR count). The molecule has 1 saturated heterocycles. The molecule has 0 saturated carbocycles. The van der Waals surface area contributed by atoms with Crippen molar-refractivity contribution >= 4 is 0 Å². The van der Waals surface area contributed by atoms with E-state index in [1.807, 2.05) is 0 Å². The zero-order chi connectivity index (χ0) is 11.6. The highest BCUT2D eigenvalue weighted by molar-refractivity contribution is 4.94. The summed E-state index contributed by atoms with van der Waals surface area (Å²) in [5.74, 6) is 2.94. The van der Waals surface area contributed by atoms with Crippen molar-refractivity contribution in [2.24, 2.45) is 23.7 Å². The Kier molecular flexibility index (Phi) is 4.60. The molecule has 0 aromatic heterocycles. The van der Waals surface area contributed by atoms with Gasteiger partial charge in [0.1, 0.15) is 0 Å². The number of hydrogen-bond acceptors (Lipinski definition) is 2. The van der Waals surface area contributed by atoms with E-state index in [4.69, 9.17) is 0 Å². The average molecular weight is 212 g/mol. The lowest BCUT2D eigenvalue weighted by Gasteiger charge is -2.45. The predicted octanol–water partition coefficient (Wildman–Crippen LogP) is 2.46. The molecule has 0 bridgehead atoms. The molecule has 1 heterocycles. The second kappa shape index (κ2) is 5.31. The van der Waals surface area contributed by atoms with Crippen molar-refractivity contribution in [3.05, 3.63) is 0 Å². The molecule has 0 aromatic carbocycles. The monoisotopic (exact) mass is 212 g/mol. The zero-order valence-corrected chi connectivity index (χ0v) is 11.2. The van der Waals surface area contributed by atoms with Gasteiger partial charge in [-0.1, -0.05) is 41.5 Å². The number of rotatable bonds is 3. The van der Waals surface area contributed by atoms with Gasteiger partial charge in [0.2, 0.25) is 0 Å². The van der Waals surface area contributed by atoms with Crippen molar-refractivity contribution in [3.8, 4) is 0 Å². The van der Waals surface area contributed by atoms with Gasteiger partial charge >= 0.3 is 0 Å². The van der Waals surface area contributed by atoms with Gasteiger partial charge in [0.05, 0.1) is 0 Å². The Bertz CT molecular complexity index is 171. The third kappa shape index (κ3) is 2.94. The van der Waals surface area contributed by atoms with E-state index in [-0.39, 0.29) is 0 Å². The maximum atomic E-state index is 3.62. The molecule has 2 N–H and O–H groups in total. The average Bonchev–Trinajstić information content (AvgIpc) is 2.16. The van der Waals surface area contributed by atoms with E-state index < -0.39 is 0 Å². The first kappa shape index (κ1) is 13.0. The molecule has 90 valence electrons. The molecule has 2 nitrogen and oxygen atoms in total. The van der Waals surface area contributed by atoms with Gasteiger partial charge in [-0.2, -0.15) is 0 Å². The Balaban J connectivity index is 2.80. The summed E-state index contributed by atoms with van der Waals surface area (Å²) in [6.07, 6.45) is 0. The van der Waals surface area contributed by atoms with Crippen LogP contribution in [0.3, 0.4) is 0 Å². The van der Waals surface area contributed by atoms with Gasteiger partial charge < -0.3 is 10.6 Å². The topological polar surface area (TPSA) is 24.1 Å². The second-order valence-electron chi connectivity index (χ2n) is 5.95. The van der Waals surface area contributed by atoms with Crippen LogP contribution in [0, 0.1) is 23.7 Å². The summed E-state index contributed by atoms with van der Waals surface area (Å²) in [4.78, 5) is 0. The summed E-state index contributed by atoms with van der Waals surface area (Å²) in [6.45, 7) is 15.0. The van der Waals surface area contributed by atoms with E-state index in [9.17, 15) is 0 Å². The fourth-order valence-corrected chi connectivity index (χ4v) is 2.98. The Morgan fingerprint density at radius 1 is 0.733 bits per heavy atom. The molecule has 1 aliphatic rings. The largest absolute Gasteiger partial charge is 0.301 e. The molecule has 2 heteroatoms. The van der Waals surface area contributed by atoms with Crippen LogP contribution in [-0.4, -0.2) is 18.8 Å². The summed E-state index contributed by atoms with van der Waals surface area (Å²) >= 11 is 0. The molecular formula is C13H28N2. The van der Waals surface area contributed by atoms with E-state index in [0.717, 1.165) is 30.3 Å². The lowest BCUT2D eigenvalue weighted by Crippen LogP contribution is -2.62. The molecule has 1 aliphatic heterocycles. The normalized spacial score (nSPS) is 33.0. The first-order valence-corrected chi connectivity index (χ1v) is 6.42. The van der Waals surface area contributed by atoms with Gasteiger partial charge in [-0.05, 0) is 23.7 Å². The summed E-state index contributed by atoms with van der Waals surface area (Å²) < 4.78 is 0. The van der Waals surface area contributed by atoms with Crippen LogP contribution in [0.5, 0.6) is 0 Å². The van der Waals surface area contributed by atoms with Crippen LogP contribution in [0.25, 0.3) is 0 Å².